The maximum Gasteiger partial charge on any atom is 0.233 e. The SMILES string of the molecule is Cc1cccc(NC(=O)CC(=O)Nc2ccc(C)c(C)c2)c1. The minimum atomic E-state index is -0.327. The van der Waals surface area contributed by atoms with Crippen molar-refractivity contribution in [2.45, 2.75) is 27.2 Å². The molecule has 0 heterocycles. The molecule has 4 heteroatoms. The Morgan fingerprint density at radius 3 is 2.05 bits per heavy atom. The van der Waals surface area contributed by atoms with E-state index in [4.69, 9.17) is 0 Å². The molecule has 0 aliphatic rings. The summed E-state index contributed by atoms with van der Waals surface area (Å²) < 4.78 is 0. The van der Waals surface area contributed by atoms with Crippen molar-refractivity contribution in [3.05, 3.63) is 59.2 Å². The van der Waals surface area contributed by atoms with E-state index in [9.17, 15) is 9.59 Å². The highest BCUT2D eigenvalue weighted by Crippen LogP contribution is 2.14. The predicted octanol–water partition coefficient (Wildman–Crippen LogP) is 3.58. The highest BCUT2D eigenvalue weighted by atomic mass is 16.2. The van der Waals surface area contributed by atoms with E-state index < -0.39 is 0 Å². The Kier molecular flexibility index (Phi) is 4.94. The first-order valence-corrected chi connectivity index (χ1v) is 7.17. The van der Waals surface area contributed by atoms with Gasteiger partial charge in [-0.3, -0.25) is 9.59 Å². The average Bonchev–Trinajstić information content (AvgIpc) is 2.42. The first kappa shape index (κ1) is 15.8. The minimum absolute atomic E-state index is 0.207. The number of anilines is 2. The van der Waals surface area contributed by atoms with E-state index in [0.29, 0.717) is 11.4 Å². The quantitative estimate of drug-likeness (QED) is 0.847. The molecule has 2 aromatic rings. The Bertz CT molecular complexity index is 708. The Morgan fingerprint density at radius 2 is 1.45 bits per heavy atom. The summed E-state index contributed by atoms with van der Waals surface area (Å²) in [6.45, 7) is 5.94. The van der Waals surface area contributed by atoms with Crippen LogP contribution in [0.5, 0.6) is 0 Å². The Labute approximate surface area is 130 Å². The molecule has 2 rings (SSSR count). The lowest BCUT2D eigenvalue weighted by molar-refractivity contribution is -0.123. The van der Waals surface area contributed by atoms with Crippen LogP contribution in [0, 0.1) is 20.8 Å². The van der Waals surface area contributed by atoms with Gasteiger partial charge >= 0.3 is 0 Å². The predicted molar refractivity (Wildman–Crippen MR) is 89.0 cm³/mol. The molecular weight excluding hydrogens is 276 g/mol. The number of hydrogen-bond donors (Lipinski definition) is 2. The standard InChI is InChI=1S/C18H20N2O2/c1-12-5-4-6-15(9-12)19-17(21)11-18(22)20-16-8-7-13(2)14(3)10-16/h4-10H,11H2,1-3H3,(H,19,21)(H,20,22). The van der Waals surface area contributed by atoms with Gasteiger partial charge in [-0.2, -0.15) is 0 Å². The van der Waals surface area contributed by atoms with Crippen LogP contribution in [0.15, 0.2) is 42.5 Å². The van der Waals surface area contributed by atoms with E-state index in [1.54, 1.807) is 6.07 Å². The van der Waals surface area contributed by atoms with Crippen LogP contribution in [0.3, 0.4) is 0 Å². The van der Waals surface area contributed by atoms with Gasteiger partial charge in [0, 0.05) is 11.4 Å². The van der Waals surface area contributed by atoms with E-state index in [-0.39, 0.29) is 18.2 Å². The second-order valence-electron chi connectivity index (χ2n) is 5.44. The molecule has 0 unspecified atom stereocenters. The van der Waals surface area contributed by atoms with Crippen LogP contribution in [0.1, 0.15) is 23.1 Å². The number of carbonyl (C=O) groups is 2. The molecule has 0 radical (unpaired) electrons. The summed E-state index contributed by atoms with van der Waals surface area (Å²) >= 11 is 0. The highest BCUT2D eigenvalue weighted by Gasteiger charge is 2.10. The number of aryl methyl sites for hydroxylation is 3. The summed E-state index contributed by atoms with van der Waals surface area (Å²) in [5, 5.41) is 5.46. The van der Waals surface area contributed by atoms with Crippen LogP contribution < -0.4 is 10.6 Å². The van der Waals surface area contributed by atoms with Crippen LogP contribution in [-0.2, 0) is 9.59 Å². The molecular formula is C18H20N2O2. The molecule has 0 bridgehead atoms. The average molecular weight is 296 g/mol. The molecule has 0 aliphatic carbocycles. The molecule has 0 saturated carbocycles. The summed E-state index contributed by atoms with van der Waals surface area (Å²) in [6.07, 6.45) is -0.207. The number of benzene rings is 2. The summed E-state index contributed by atoms with van der Waals surface area (Å²) in [7, 11) is 0. The zero-order valence-corrected chi connectivity index (χ0v) is 13.1. The lowest BCUT2D eigenvalue weighted by Crippen LogP contribution is -2.21. The van der Waals surface area contributed by atoms with Gasteiger partial charge in [0.25, 0.3) is 0 Å². The van der Waals surface area contributed by atoms with Crippen molar-refractivity contribution < 1.29 is 9.59 Å². The Morgan fingerprint density at radius 1 is 0.818 bits per heavy atom. The molecule has 2 N–H and O–H groups in total. The van der Waals surface area contributed by atoms with Crippen molar-refractivity contribution in [2.24, 2.45) is 0 Å². The third kappa shape index (κ3) is 4.45. The fourth-order valence-electron chi connectivity index (χ4n) is 2.10. The number of rotatable bonds is 4. The van der Waals surface area contributed by atoms with Gasteiger partial charge < -0.3 is 10.6 Å². The molecule has 2 aromatic carbocycles. The third-order valence-corrected chi connectivity index (χ3v) is 3.41. The molecule has 22 heavy (non-hydrogen) atoms. The van der Waals surface area contributed by atoms with E-state index in [0.717, 1.165) is 16.7 Å². The smallest absolute Gasteiger partial charge is 0.233 e. The first-order valence-electron chi connectivity index (χ1n) is 7.17. The fourth-order valence-corrected chi connectivity index (χ4v) is 2.10. The van der Waals surface area contributed by atoms with Crippen molar-refractivity contribution in [1.82, 2.24) is 0 Å². The summed E-state index contributed by atoms with van der Waals surface area (Å²) in [5.41, 5.74) is 4.72. The second kappa shape index (κ2) is 6.89. The second-order valence-corrected chi connectivity index (χ2v) is 5.44. The van der Waals surface area contributed by atoms with Crippen LogP contribution >= 0.6 is 0 Å². The summed E-state index contributed by atoms with van der Waals surface area (Å²) in [4.78, 5) is 23.8. The van der Waals surface area contributed by atoms with Gasteiger partial charge in [-0.1, -0.05) is 18.2 Å². The number of amides is 2. The first-order chi connectivity index (χ1) is 10.4. The summed E-state index contributed by atoms with van der Waals surface area (Å²) in [6, 6.07) is 13.1. The van der Waals surface area contributed by atoms with Crippen molar-refractivity contribution in [3.63, 3.8) is 0 Å². The lowest BCUT2D eigenvalue weighted by atomic mass is 10.1. The maximum absolute atomic E-state index is 11.9. The van der Waals surface area contributed by atoms with Crippen molar-refractivity contribution in [1.29, 1.82) is 0 Å². The normalized spacial score (nSPS) is 10.1. The lowest BCUT2D eigenvalue weighted by Gasteiger charge is -2.08. The molecule has 0 saturated heterocycles. The zero-order valence-electron chi connectivity index (χ0n) is 13.1. The largest absolute Gasteiger partial charge is 0.326 e. The molecule has 114 valence electrons. The maximum atomic E-state index is 11.9. The Hall–Kier alpha value is -2.62. The van der Waals surface area contributed by atoms with Crippen LogP contribution in [0.4, 0.5) is 11.4 Å². The number of carbonyl (C=O) groups excluding carboxylic acids is 2. The van der Waals surface area contributed by atoms with Gasteiger partial charge in [0.15, 0.2) is 0 Å². The van der Waals surface area contributed by atoms with E-state index in [2.05, 4.69) is 10.6 Å². The topological polar surface area (TPSA) is 58.2 Å². The van der Waals surface area contributed by atoms with Crippen LogP contribution in [0.25, 0.3) is 0 Å². The monoisotopic (exact) mass is 296 g/mol. The van der Waals surface area contributed by atoms with E-state index >= 15 is 0 Å². The van der Waals surface area contributed by atoms with Crippen molar-refractivity contribution in [3.8, 4) is 0 Å². The van der Waals surface area contributed by atoms with Crippen molar-refractivity contribution in [2.75, 3.05) is 10.6 Å². The third-order valence-electron chi connectivity index (χ3n) is 3.41. The molecule has 0 atom stereocenters. The van der Waals surface area contributed by atoms with Crippen LogP contribution in [-0.4, -0.2) is 11.8 Å². The van der Waals surface area contributed by atoms with Gasteiger partial charge in [-0.15, -0.1) is 0 Å². The van der Waals surface area contributed by atoms with Crippen molar-refractivity contribution >= 4 is 23.2 Å². The molecule has 2 amide bonds. The minimum Gasteiger partial charge on any atom is -0.326 e. The van der Waals surface area contributed by atoms with Gasteiger partial charge in [0.1, 0.15) is 6.42 Å². The zero-order chi connectivity index (χ0) is 16.1. The van der Waals surface area contributed by atoms with Gasteiger partial charge in [0.2, 0.25) is 11.8 Å². The molecule has 0 aliphatic heterocycles. The van der Waals surface area contributed by atoms with Gasteiger partial charge in [0.05, 0.1) is 0 Å². The summed E-state index contributed by atoms with van der Waals surface area (Å²) in [5.74, 6) is -0.652. The fraction of sp³-hybridized carbons (Fsp3) is 0.222. The number of nitrogens with one attached hydrogen (secondary N) is 2. The van der Waals surface area contributed by atoms with Crippen LogP contribution in [0.2, 0.25) is 0 Å². The highest BCUT2D eigenvalue weighted by molar-refractivity contribution is 6.08. The Balaban J connectivity index is 1.91. The van der Waals surface area contributed by atoms with Gasteiger partial charge in [-0.25, -0.2) is 0 Å². The number of hydrogen-bond acceptors (Lipinski definition) is 2. The molecule has 0 spiro atoms. The van der Waals surface area contributed by atoms with E-state index in [1.165, 1.54) is 0 Å². The molecule has 4 nitrogen and oxygen atoms in total. The van der Waals surface area contributed by atoms with Gasteiger partial charge in [-0.05, 0) is 61.7 Å². The molecule has 0 aromatic heterocycles. The molecule has 0 fully saturated rings. The van der Waals surface area contributed by atoms with E-state index in [1.807, 2.05) is 57.2 Å².